The molecule has 0 unspecified atom stereocenters. The van der Waals surface area contributed by atoms with E-state index in [2.05, 4.69) is 5.32 Å². The lowest BCUT2D eigenvalue weighted by Gasteiger charge is -2.29. The molecule has 2 aliphatic rings. The number of nitrogens with zero attached hydrogens (tertiary/aromatic N) is 1. The van der Waals surface area contributed by atoms with E-state index >= 15 is 0 Å². The van der Waals surface area contributed by atoms with Crippen LogP contribution in [0.2, 0.25) is 10.0 Å². The number of para-hydroxylation sites is 1. The van der Waals surface area contributed by atoms with Gasteiger partial charge in [-0.2, -0.15) is 0 Å². The van der Waals surface area contributed by atoms with E-state index in [4.69, 9.17) is 32.9 Å². The quantitative estimate of drug-likeness (QED) is 0.848. The number of hydrogen-bond acceptors (Lipinski definition) is 4. The summed E-state index contributed by atoms with van der Waals surface area (Å²) in [5.41, 5.74) is 0.778. The molecule has 0 amide bonds. The maximum atomic E-state index is 6.15. The van der Waals surface area contributed by atoms with Crippen molar-refractivity contribution in [1.29, 1.82) is 0 Å². The predicted octanol–water partition coefficient (Wildman–Crippen LogP) is 4.06. The molecule has 0 aromatic heterocycles. The summed E-state index contributed by atoms with van der Waals surface area (Å²) < 4.78 is 5.41. The second-order valence-corrected chi connectivity index (χ2v) is 6.54. The van der Waals surface area contributed by atoms with Gasteiger partial charge in [-0.1, -0.05) is 41.0 Å². The maximum absolute atomic E-state index is 6.15. The van der Waals surface area contributed by atoms with Crippen molar-refractivity contribution in [3.63, 3.8) is 0 Å². The van der Waals surface area contributed by atoms with Gasteiger partial charge in [0.25, 0.3) is 0 Å². The van der Waals surface area contributed by atoms with E-state index in [0.717, 1.165) is 42.7 Å². The van der Waals surface area contributed by atoms with Crippen molar-refractivity contribution < 1.29 is 4.74 Å². The van der Waals surface area contributed by atoms with Gasteiger partial charge in [0.1, 0.15) is 0 Å². The highest BCUT2D eigenvalue weighted by atomic mass is 35.5. The van der Waals surface area contributed by atoms with E-state index in [1.807, 2.05) is 18.2 Å². The molecular formula is C13H14Cl2N2OS. The van der Waals surface area contributed by atoms with Gasteiger partial charge < -0.3 is 10.1 Å². The first-order valence-electron chi connectivity index (χ1n) is 6.20. The third-order valence-corrected chi connectivity index (χ3v) is 5.21. The summed E-state index contributed by atoms with van der Waals surface area (Å²) in [6, 6.07) is 5.47. The fourth-order valence-corrected chi connectivity index (χ4v) is 3.96. The minimum atomic E-state index is 0.0407. The number of hydrogen-bond donors (Lipinski definition) is 1. The highest BCUT2D eigenvalue weighted by Gasteiger charge is 2.37. The highest BCUT2D eigenvalue weighted by Crippen LogP contribution is 2.38. The van der Waals surface area contributed by atoms with Crippen LogP contribution in [0.25, 0.3) is 0 Å². The molecule has 1 N–H and O–H groups in total. The fraction of sp³-hybridized carbons (Fsp3) is 0.462. The van der Waals surface area contributed by atoms with E-state index in [-0.39, 0.29) is 5.54 Å². The number of thioether (sulfide) groups is 1. The van der Waals surface area contributed by atoms with Crippen LogP contribution in [0.1, 0.15) is 12.8 Å². The molecule has 1 aromatic carbocycles. The number of halogens is 2. The Morgan fingerprint density at radius 1 is 1.21 bits per heavy atom. The fourth-order valence-electron chi connectivity index (χ4n) is 2.28. The van der Waals surface area contributed by atoms with Crippen LogP contribution >= 0.6 is 35.0 Å². The van der Waals surface area contributed by atoms with Gasteiger partial charge in [0.05, 0.1) is 21.3 Å². The van der Waals surface area contributed by atoms with Crippen molar-refractivity contribution in [1.82, 2.24) is 0 Å². The zero-order chi connectivity index (χ0) is 13.3. The standard InChI is InChI=1S/C13H14Cl2N2OS/c14-9-2-1-3-10(15)11(9)16-12-17-13(8-19-12)4-6-18-7-5-13/h1-3H,4-8H2,(H,16,17). The lowest BCUT2D eigenvalue weighted by molar-refractivity contribution is 0.0624. The highest BCUT2D eigenvalue weighted by molar-refractivity contribution is 8.14. The number of anilines is 1. The van der Waals surface area contributed by atoms with Crippen molar-refractivity contribution in [3.8, 4) is 0 Å². The molecule has 2 heterocycles. The summed E-state index contributed by atoms with van der Waals surface area (Å²) in [5.74, 6) is 1.00. The van der Waals surface area contributed by atoms with Gasteiger partial charge in [-0.15, -0.1) is 0 Å². The normalized spacial score (nSPS) is 21.5. The van der Waals surface area contributed by atoms with Crippen LogP contribution in [0, 0.1) is 0 Å². The Balaban J connectivity index is 1.79. The summed E-state index contributed by atoms with van der Waals surface area (Å²) >= 11 is 14.0. The third kappa shape index (κ3) is 2.87. The van der Waals surface area contributed by atoms with Crippen LogP contribution in [0.4, 0.5) is 5.69 Å². The lowest BCUT2D eigenvalue weighted by Crippen LogP contribution is -2.34. The number of aliphatic imine (C=N–C) groups is 1. The van der Waals surface area contributed by atoms with Gasteiger partial charge in [0.2, 0.25) is 0 Å². The van der Waals surface area contributed by atoms with Gasteiger partial charge in [-0.05, 0) is 25.0 Å². The Labute approximate surface area is 126 Å². The largest absolute Gasteiger partial charge is 0.381 e. The summed E-state index contributed by atoms with van der Waals surface area (Å²) in [7, 11) is 0. The van der Waals surface area contributed by atoms with Crippen LogP contribution in [0.15, 0.2) is 23.2 Å². The molecule has 0 bridgehead atoms. The maximum Gasteiger partial charge on any atom is 0.161 e. The molecule has 1 aromatic rings. The van der Waals surface area contributed by atoms with E-state index in [1.54, 1.807) is 11.8 Å². The lowest BCUT2D eigenvalue weighted by atomic mass is 9.93. The molecule has 0 atom stereocenters. The van der Waals surface area contributed by atoms with Crippen molar-refractivity contribution in [2.45, 2.75) is 18.4 Å². The molecule has 1 fully saturated rings. The Bertz CT molecular complexity index is 495. The molecule has 1 spiro atoms. The smallest absolute Gasteiger partial charge is 0.161 e. The van der Waals surface area contributed by atoms with Gasteiger partial charge in [-0.25, -0.2) is 0 Å². The third-order valence-electron chi connectivity index (χ3n) is 3.43. The molecule has 3 nitrogen and oxygen atoms in total. The number of ether oxygens (including phenoxy) is 1. The summed E-state index contributed by atoms with van der Waals surface area (Å²) in [4.78, 5) is 4.83. The minimum Gasteiger partial charge on any atom is -0.381 e. The van der Waals surface area contributed by atoms with E-state index in [1.165, 1.54) is 0 Å². The number of benzene rings is 1. The molecule has 0 saturated carbocycles. The summed E-state index contributed by atoms with van der Waals surface area (Å²) in [6.07, 6.45) is 1.98. The van der Waals surface area contributed by atoms with Crippen molar-refractivity contribution in [2.24, 2.45) is 4.99 Å². The minimum absolute atomic E-state index is 0.0407. The van der Waals surface area contributed by atoms with Crippen LogP contribution in [0.5, 0.6) is 0 Å². The number of rotatable bonds is 1. The first kappa shape index (κ1) is 13.6. The Hall–Kier alpha value is -0.420. The Morgan fingerprint density at radius 2 is 1.89 bits per heavy atom. The molecule has 0 aliphatic carbocycles. The van der Waals surface area contributed by atoms with Gasteiger partial charge in [-0.3, -0.25) is 4.99 Å². The van der Waals surface area contributed by atoms with Gasteiger partial charge in [0, 0.05) is 19.0 Å². The molecular weight excluding hydrogens is 303 g/mol. The van der Waals surface area contributed by atoms with Crippen LogP contribution in [-0.4, -0.2) is 29.7 Å². The molecule has 102 valence electrons. The predicted molar refractivity (Wildman–Crippen MR) is 82.8 cm³/mol. The molecule has 1 saturated heterocycles. The number of amidine groups is 1. The van der Waals surface area contributed by atoms with Crippen LogP contribution in [-0.2, 0) is 4.74 Å². The van der Waals surface area contributed by atoms with E-state index < -0.39 is 0 Å². The second kappa shape index (κ2) is 5.52. The second-order valence-electron chi connectivity index (χ2n) is 4.76. The average Bonchev–Trinajstić information content (AvgIpc) is 2.78. The molecule has 3 rings (SSSR count). The van der Waals surface area contributed by atoms with Crippen molar-refractivity contribution in [3.05, 3.63) is 28.2 Å². The van der Waals surface area contributed by atoms with Crippen molar-refractivity contribution >= 4 is 45.8 Å². The SMILES string of the molecule is Clc1cccc(Cl)c1NC1=NC2(CCOCC2)CS1. The summed E-state index contributed by atoms with van der Waals surface area (Å²) in [5, 5.41) is 5.39. The van der Waals surface area contributed by atoms with Crippen LogP contribution in [0.3, 0.4) is 0 Å². The Kier molecular flexibility index (Phi) is 3.94. The molecule has 6 heteroatoms. The van der Waals surface area contributed by atoms with E-state index in [9.17, 15) is 0 Å². The first-order valence-corrected chi connectivity index (χ1v) is 7.94. The topological polar surface area (TPSA) is 33.6 Å². The Morgan fingerprint density at radius 3 is 2.58 bits per heavy atom. The zero-order valence-electron chi connectivity index (χ0n) is 10.3. The molecule has 2 aliphatic heterocycles. The van der Waals surface area contributed by atoms with Gasteiger partial charge in [0.15, 0.2) is 5.17 Å². The number of nitrogens with one attached hydrogen (secondary N) is 1. The average molecular weight is 317 g/mol. The monoisotopic (exact) mass is 316 g/mol. The molecule has 0 radical (unpaired) electrons. The van der Waals surface area contributed by atoms with Gasteiger partial charge >= 0.3 is 0 Å². The molecule has 19 heavy (non-hydrogen) atoms. The van der Waals surface area contributed by atoms with E-state index in [0.29, 0.717) is 10.0 Å². The summed E-state index contributed by atoms with van der Waals surface area (Å²) in [6.45, 7) is 1.59. The van der Waals surface area contributed by atoms with Crippen LogP contribution < -0.4 is 5.32 Å². The zero-order valence-corrected chi connectivity index (χ0v) is 12.6. The first-order chi connectivity index (χ1) is 9.19. The van der Waals surface area contributed by atoms with Crippen molar-refractivity contribution in [2.75, 3.05) is 24.3 Å².